The third-order valence-corrected chi connectivity index (χ3v) is 6.25. The van der Waals surface area contributed by atoms with Crippen molar-refractivity contribution in [2.24, 2.45) is 0 Å². The number of aromatic nitrogens is 1. The van der Waals surface area contributed by atoms with E-state index in [2.05, 4.69) is 5.32 Å². The van der Waals surface area contributed by atoms with Crippen LogP contribution in [-0.4, -0.2) is 46.6 Å². The van der Waals surface area contributed by atoms with Gasteiger partial charge in [0, 0.05) is 43.8 Å². The Morgan fingerprint density at radius 1 is 1.36 bits per heavy atom. The largest absolute Gasteiger partial charge is 0.477 e. The smallest absolute Gasteiger partial charge is 0.341 e. The molecule has 7 nitrogen and oxygen atoms in total. The van der Waals surface area contributed by atoms with Crippen LogP contribution in [-0.2, 0) is 0 Å². The van der Waals surface area contributed by atoms with E-state index in [1.165, 1.54) is 6.20 Å². The first kappa shape index (κ1) is 17.4. The number of benzene rings is 1. The number of carbonyl (C=O) groups excluding carboxylic acids is 1. The van der Waals surface area contributed by atoms with Crippen LogP contribution >= 0.6 is 0 Å². The van der Waals surface area contributed by atoms with Gasteiger partial charge in [-0.05, 0) is 25.8 Å². The molecule has 0 radical (unpaired) electrons. The molecule has 0 bridgehead atoms. The molecule has 2 fully saturated rings. The first-order valence-electron chi connectivity index (χ1n) is 9.49. The van der Waals surface area contributed by atoms with Gasteiger partial charge in [0.15, 0.2) is 5.78 Å². The van der Waals surface area contributed by atoms with Crippen molar-refractivity contribution in [2.45, 2.75) is 37.8 Å². The van der Waals surface area contributed by atoms with Gasteiger partial charge in [-0.1, -0.05) is 0 Å². The number of rotatable bonds is 2. The molecule has 28 heavy (non-hydrogen) atoms. The van der Waals surface area contributed by atoms with Gasteiger partial charge >= 0.3 is 5.97 Å². The molecule has 2 N–H and O–H groups in total. The van der Waals surface area contributed by atoms with E-state index in [0.717, 1.165) is 18.9 Å². The van der Waals surface area contributed by atoms with Gasteiger partial charge in [-0.15, -0.1) is 0 Å². The molecule has 1 saturated heterocycles. The molecule has 3 heterocycles. The summed E-state index contributed by atoms with van der Waals surface area (Å²) in [5, 5.41) is 12.8. The third-order valence-electron chi connectivity index (χ3n) is 6.25. The van der Waals surface area contributed by atoms with Crippen LogP contribution in [0.4, 0.5) is 10.1 Å². The SMILES string of the molecule is CC1CC(=O)c2c(N3CCNC4(CC4)C3)c(F)cc3c(=O)c(C(=O)O)cn1c23. The summed E-state index contributed by atoms with van der Waals surface area (Å²) in [7, 11) is 0. The number of ketones is 1. The number of anilines is 1. The van der Waals surface area contributed by atoms with Crippen LogP contribution < -0.4 is 15.6 Å². The van der Waals surface area contributed by atoms with Crippen LogP contribution in [0.3, 0.4) is 0 Å². The summed E-state index contributed by atoms with van der Waals surface area (Å²) in [6.45, 7) is 3.68. The van der Waals surface area contributed by atoms with Crippen molar-refractivity contribution < 1.29 is 19.1 Å². The lowest BCUT2D eigenvalue weighted by Crippen LogP contribution is -2.53. The van der Waals surface area contributed by atoms with Gasteiger partial charge in [-0.25, -0.2) is 9.18 Å². The number of hydrogen-bond donors (Lipinski definition) is 2. The highest BCUT2D eigenvalue weighted by atomic mass is 19.1. The zero-order valence-electron chi connectivity index (χ0n) is 15.4. The second kappa shape index (κ2) is 5.64. The monoisotopic (exact) mass is 385 g/mol. The van der Waals surface area contributed by atoms with Crippen LogP contribution in [0.5, 0.6) is 0 Å². The molecule has 5 rings (SSSR count). The topological polar surface area (TPSA) is 91.6 Å². The van der Waals surface area contributed by atoms with E-state index in [-0.39, 0.29) is 40.4 Å². The fourth-order valence-corrected chi connectivity index (χ4v) is 4.65. The zero-order chi connectivity index (χ0) is 19.8. The zero-order valence-corrected chi connectivity index (χ0v) is 15.4. The van der Waals surface area contributed by atoms with Gasteiger partial charge in [0.2, 0.25) is 5.43 Å². The van der Waals surface area contributed by atoms with Crippen molar-refractivity contribution in [2.75, 3.05) is 24.5 Å². The summed E-state index contributed by atoms with van der Waals surface area (Å²) in [5.41, 5.74) is -0.381. The average Bonchev–Trinajstić information content (AvgIpc) is 3.38. The summed E-state index contributed by atoms with van der Waals surface area (Å²) < 4.78 is 16.9. The molecule has 1 aromatic carbocycles. The van der Waals surface area contributed by atoms with Crippen molar-refractivity contribution >= 4 is 28.3 Å². The number of carboxylic acids is 1. The maximum absolute atomic E-state index is 15.3. The fraction of sp³-hybridized carbons (Fsp3) is 0.450. The quantitative estimate of drug-likeness (QED) is 0.821. The van der Waals surface area contributed by atoms with Crippen LogP contribution in [0, 0.1) is 5.82 Å². The molecule has 2 aliphatic heterocycles. The molecule has 2 aromatic rings. The van der Waals surface area contributed by atoms with E-state index in [0.29, 0.717) is 25.2 Å². The highest BCUT2D eigenvalue weighted by Gasteiger charge is 2.46. The molecule has 1 spiro atoms. The molecule has 146 valence electrons. The van der Waals surface area contributed by atoms with Crippen LogP contribution in [0.1, 0.15) is 52.9 Å². The minimum atomic E-state index is -1.36. The minimum absolute atomic E-state index is 0.00972. The van der Waals surface area contributed by atoms with Crippen molar-refractivity contribution in [1.82, 2.24) is 9.88 Å². The Balaban J connectivity index is 1.82. The number of aromatic carboxylic acids is 1. The van der Waals surface area contributed by atoms with Crippen LogP contribution in [0.15, 0.2) is 17.1 Å². The van der Waals surface area contributed by atoms with Crippen molar-refractivity contribution in [3.63, 3.8) is 0 Å². The van der Waals surface area contributed by atoms with E-state index >= 15 is 4.39 Å². The molecule has 1 aromatic heterocycles. The lowest BCUT2D eigenvalue weighted by Gasteiger charge is -2.38. The predicted molar refractivity (Wildman–Crippen MR) is 101 cm³/mol. The van der Waals surface area contributed by atoms with Crippen LogP contribution in [0.2, 0.25) is 0 Å². The Morgan fingerprint density at radius 3 is 2.79 bits per heavy atom. The number of nitrogens with one attached hydrogen (secondary N) is 1. The molecule has 1 unspecified atom stereocenters. The summed E-state index contributed by atoms with van der Waals surface area (Å²) in [4.78, 5) is 39.0. The van der Waals surface area contributed by atoms with E-state index in [9.17, 15) is 19.5 Å². The molecule has 3 aliphatic rings. The molecular formula is C20H20FN3O4. The number of halogens is 1. The molecular weight excluding hydrogens is 365 g/mol. The Kier molecular flexibility index (Phi) is 3.49. The maximum atomic E-state index is 15.3. The molecule has 8 heteroatoms. The lowest BCUT2D eigenvalue weighted by atomic mass is 9.92. The van der Waals surface area contributed by atoms with Gasteiger partial charge in [-0.2, -0.15) is 0 Å². The first-order chi connectivity index (χ1) is 13.3. The lowest BCUT2D eigenvalue weighted by molar-refractivity contribution is 0.0694. The number of piperazine rings is 1. The Morgan fingerprint density at radius 2 is 2.11 bits per heavy atom. The van der Waals surface area contributed by atoms with E-state index in [4.69, 9.17) is 0 Å². The van der Waals surface area contributed by atoms with Crippen molar-refractivity contribution in [1.29, 1.82) is 0 Å². The second-order valence-electron chi connectivity index (χ2n) is 8.17. The normalized spacial score (nSPS) is 22.7. The van der Waals surface area contributed by atoms with Gasteiger partial charge in [0.1, 0.15) is 11.4 Å². The Labute approximate surface area is 159 Å². The van der Waals surface area contributed by atoms with Crippen LogP contribution in [0.25, 0.3) is 10.9 Å². The maximum Gasteiger partial charge on any atom is 0.341 e. The number of carboxylic acid groups (broad SMARTS) is 1. The second-order valence-corrected chi connectivity index (χ2v) is 8.17. The summed E-state index contributed by atoms with van der Waals surface area (Å²) in [6.07, 6.45) is 3.46. The third kappa shape index (κ3) is 2.33. The number of carbonyl (C=O) groups is 2. The van der Waals surface area contributed by atoms with Gasteiger partial charge in [0.25, 0.3) is 0 Å². The standard InChI is InChI=1S/C20H20FN3O4/c1-10-6-14(25)15-16-11(18(26)12(19(27)28)8-24(10)16)7-13(21)17(15)23-5-4-22-20(9-23)2-3-20/h7-8,10,22H,2-6,9H2,1H3,(H,27,28). The van der Waals surface area contributed by atoms with Gasteiger partial charge in [0.05, 0.1) is 22.2 Å². The average molecular weight is 385 g/mol. The van der Waals surface area contributed by atoms with E-state index in [1.807, 2.05) is 4.90 Å². The summed E-state index contributed by atoms with van der Waals surface area (Å²) in [5.74, 6) is -2.21. The van der Waals surface area contributed by atoms with E-state index < -0.39 is 22.8 Å². The molecule has 1 atom stereocenters. The van der Waals surface area contributed by atoms with Gasteiger partial charge < -0.3 is 19.9 Å². The summed E-state index contributed by atoms with van der Waals surface area (Å²) in [6, 6.07) is 0.795. The molecule has 1 aliphatic carbocycles. The number of Topliss-reactive ketones (excluding diaryl/α,β-unsaturated/α-hetero) is 1. The fourth-order valence-electron chi connectivity index (χ4n) is 4.65. The first-order valence-corrected chi connectivity index (χ1v) is 9.49. The van der Waals surface area contributed by atoms with E-state index in [1.54, 1.807) is 11.5 Å². The van der Waals surface area contributed by atoms with Crippen molar-refractivity contribution in [3.8, 4) is 0 Å². The number of pyridine rings is 1. The molecule has 1 saturated carbocycles. The highest BCUT2D eigenvalue weighted by Crippen LogP contribution is 2.42. The van der Waals surface area contributed by atoms with Gasteiger partial charge in [-0.3, -0.25) is 9.59 Å². The Hall–Kier alpha value is -2.74. The summed E-state index contributed by atoms with van der Waals surface area (Å²) >= 11 is 0. The highest BCUT2D eigenvalue weighted by molar-refractivity contribution is 6.13. The molecule has 0 amide bonds. The minimum Gasteiger partial charge on any atom is -0.477 e. The predicted octanol–water partition coefficient (Wildman–Crippen LogP) is 1.93. The Bertz CT molecular complexity index is 1120. The number of hydrogen-bond acceptors (Lipinski definition) is 5. The van der Waals surface area contributed by atoms with Crippen molar-refractivity contribution in [3.05, 3.63) is 39.4 Å². The number of nitrogens with zero attached hydrogens (tertiary/aromatic N) is 2.